The predicted octanol–water partition coefficient (Wildman–Crippen LogP) is -0.770. The summed E-state index contributed by atoms with van der Waals surface area (Å²) in [5.41, 5.74) is 3.18. The first-order valence-electron chi connectivity index (χ1n) is 6.01. The number of carboxylic acids is 1. The number of carbonyl (C=O) groups excluding carboxylic acids is 1. The van der Waals surface area contributed by atoms with Crippen LogP contribution in [0.3, 0.4) is 0 Å². The monoisotopic (exact) mass is 283 g/mol. The van der Waals surface area contributed by atoms with Crippen LogP contribution in [0.4, 0.5) is 0 Å². The molecule has 20 heavy (non-hydrogen) atoms. The molecule has 1 amide bonds. The third kappa shape index (κ3) is 4.13. The van der Waals surface area contributed by atoms with Crippen LogP contribution in [0.5, 0.6) is 11.5 Å². The van der Waals surface area contributed by atoms with Crippen LogP contribution in [-0.2, 0) is 16.0 Å². The lowest BCUT2D eigenvalue weighted by molar-refractivity contribution is -0.446. The zero-order valence-electron chi connectivity index (χ0n) is 11.4. The van der Waals surface area contributed by atoms with Crippen molar-refractivity contribution in [3.8, 4) is 11.5 Å². The minimum absolute atomic E-state index is 0.00894. The molecule has 7 nitrogen and oxygen atoms in total. The second kappa shape index (κ2) is 5.79. The van der Waals surface area contributed by atoms with Gasteiger partial charge in [-0.1, -0.05) is 6.07 Å². The highest BCUT2D eigenvalue weighted by Crippen LogP contribution is 2.25. The van der Waals surface area contributed by atoms with Gasteiger partial charge in [-0.3, -0.25) is 4.79 Å². The average Bonchev–Trinajstić information content (AvgIpc) is 2.31. The van der Waals surface area contributed by atoms with Crippen molar-refractivity contribution in [3.05, 3.63) is 23.8 Å². The van der Waals surface area contributed by atoms with Crippen LogP contribution in [0.25, 0.3) is 0 Å². The number of carbonyl (C=O) groups is 2. The Morgan fingerprint density at radius 2 is 1.90 bits per heavy atom. The van der Waals surface area contributed by atoms with Crippen molar-refractivity contribution in [1.82, 2.24) is 5.32 Å². The molecule has 0 saturated carbocycles. The zero-order valence-corrected chi connectivity index (χ0v) is 11.4. The number of aliphatic carboxylic acids is 1. The van der Waals surface area contributed by atoms with E-state index in [0.717, 1.165) is 0 Å². The minimum Gasteiger partial charge on any atom is -0.504 e. The van der Waals surface area contributed by atoms with E-state index in [9.17, 15) is 19.8 Å². The first kappa shape index (κ1) is 15.8. The van der Waals surface area contributed by atoms with E-state index in [0.29, 0.717) is 5.56 Å². The number of nitrogens with one attached hydrogen (secondary N) is 1. The van der Waals surface area contributed by atoms with Gasteiger partial charge in [-0.25, -0.2) is 4.79 Å². The van der Waals surface area contributed by atoms with E-state index >= 15 is 0 Å². The summed E-state index contributed by atoms with van der Waals surface area (Å²) < 4.78 is 0. The molecule has 0 aliphatic heterocycles. The molecular weight excluding hydrogens is 264 g/mol. The fourth-order valence-corrected chi connectivity index (χ4v) is 1.49. The van der Waals surface area contributed by atoms with Gasteiger partial charge in [0.25, 0.3) is 5.91 Å². The molecule has 1 atom stereocenters. The molecule has 0 saturated heterocycles. The van der Waals surface area contributed by atoms with Gasteiger partial charge in [-0.2, -0.15) is 0 Å². The molecule has 0 fully saturated rings. The smallest absolute Gasteiger partial charge is 0.326 e. The Hall–Kier alpha value is -2.28. The van der Waals surface area contributed by atoms with Gasteiger partial charge < -0.3 is 26.4 Å². The highest BCUT2D eigenvalue weighted by molar-refractivity contribution is 5.88. The number of hydrogen-bond donors (Lipinski definition) is 5. The molecule has 1 aromatic carbocycles. The van der Waals surface area contributed by atoms with E-state index < -0.39 is 23.5 Å². The zero-order chi connectivity index (χ0) is 15.5. The topological polar surface area (TPSA) is 134 Å². The SMILES string of the molecule is CC(C)([NH3+])C(=O)N[C@@H](Cc1ccc(O)c(O)c1)C(=O)O. The Morgan fingerprint density at radius 1 is 1.30 bits per heavy atom. The molecule has 0 aliphatic rings. The number of carboxylic acid groups (broad SMARTS) is 1. The lowest BCUT2D eigenvalue weighted by atomic mass is 10.0. The summed E-state index contributed by atoms with van der Waals surface area (Å²) in [7, 11) is 0. The molecule has 0 aromatic heterocycles. The number of phenols is 2. The highest BCUT2D eigenvalue weighted by Gasteiger charge is 2.30. The number of aromatic hydroxyl groups is 2. The molecule has 0 bridgehead atoms. The van der Waals surface area contributed by atoms with E-state index in [1.54, 1.807) is 13.8 Å². The molecule has 0 radical (unpaired) electrons. The lowest BCUT2D eigenvalue weighted by Gasteiger charge is -2.19. The van der Waals surface area contributed by atoms with Crippen molar-refractivity contribution in [3.63, 3.8) is 0 Å². The predicted molar refractivity (Wildman–Crippen MR) is 70.0 cm³/mol. The van der Waals surface area contributed by atoms with E-state index in [1.165, 1.54) is 18.2 Å². The van der Waals surface area contributed by atoms with Gasteiger partial charge in [0.1, 0.15) is 6.04 Å². The van der Waals surface area contributed by atoms with Gasteiger partial charge in [-0.15, -0.1) is 0 Å². The maximum atomic E-state index is 11.8. The van der Waals surface area contributed by atoms with Gasteiger partial charge >= 0.3 is 5.97 Å². The van der Waals surface area contributed by atoms with Gasteiger partial charge in [0.15, 0.2) is 17.0 Å². The summed E-state index contributed by atoms with van der Waals surface area (Å²) in [6.07, 6.45) is -0.00894. The van der Waals surface area contributed by atoms with Crippen LogP contribution in [0.1, 0.15) is 19.4 Å². The summed E-state index contributed by atoms with van der Waals surface area (Å²) in [6, 6.07) is 2.86. The van der Waals surface area contributed by atoms with Crippen molar-refractivity contribution >= 4 is 11.9 Å². The number of benzene rings is 1. The molecule has 0 aliphatic carbocycles. The first-order chi connectivity index (χ1) is 9.11. The second-order valence-corrected chi connectivity index (χ2v) is 5.28. The molecule has 1 rings (SSSR count). The molecule has 0 heterocycles. The first-order valence-corrected chi connectivity index (χ1v) is 6.01. The summed E-state index contributed by atoms with van der Waals surface area (Å²) in [4.78, 5) is 22.9. The van der Waals surface area contributed by atoms with Gasteiger partial charge in [-0.05, 0) is 31.5 Å². The minimum atomic E-state index is -1.19. The molecule has 0 spiro atoms. The molecule has 110 valence electrons. The lowest BCUT2D eigenvalue weighted by Crippen LogP contribution is -2.76. The van der Waals surface area contributed by atoms with Crippen LogP contribution in [-0.4, -0.2) is 38.8 Å². The Kier molecular flexibility index (Phi) is 4.57. The van der Waals surface area contributed by atoms with Crippen LogP contribution < -0.4 is 11.1 Å². The molecule has 7 heteroatoms. The van der Waals surface area contributed by atoms with Crippen molar-refractivity contribution in [1.29, 1.82) is 0 Å². The van der Waals surface area contributed by atoms with Crippen molar-refractivity contribution in [2.24, 2.45) is 0 Å². The second-order valence-electron chi connectivity index (χ2n) is 5.28. The normalized spacial score (nSPS) is 12.8. The van der Waals surface area contributed by atoms with Gasteiger partial charge in [0, 0.05) is 6.42 Å². The molecule has 0 unspecified atom stereocenters. The molecule has 1 aromatic rings. The van der Waals surface area contributed by atoms with Crippen LogP contribution >= 0.6 is 0 Å². The van der Waals surface area contributed by atoms with Gasteiger partial charge in [0.05, 0.1) is 0 Å². The highest BCUT2D eigenvalue weighted by atomic mass is 16.4. The Labute approximate surface area is 116 Å². The van der Waals surface area contributed by atoms with Crippen LogP contribution in [0, 0.1) is 0 Å². The average molecular weight is 283 g/mol. The molecular formula is C13H19N2O5+. The van der Waals surface area contributed by atoms with Crippen LogP contribution in [0.15, 0.2) is 18.2 Å². The standard InChI is InChI=1S/C13H18N2O5/c1-13(2,14)12(20)15-8(11(18)19)5-7-3-4-9(16)10(17)6-7/h3-4,6,8,16-17H,5,14H2,1-2H3,(H,15,20)(H,18,19)/p+1/t8-/m0/s1. The number of hydrogen-bond acceptors (Lipinski definition) is 4. The number of amides is 1. The number of quaternary nitrogens is 1. The fourth-order valence-electron chi connectivity index (χ4n) is 1.49. The Bertz CT molecular complexity index is 522. The van der Waals surface area contributed by atoms with E-state index in [-0.39, 0.29) is 17.9 Å². The summed E-state index contributed by atoms with van der Waals surface area (Å²) in [5, 5.41) is 30.1. The van der Waals surface area contributed by atoms with Crippen molar-refractivity contribution in [2.75, 3.05) is 0 Å². The number of phenolic OH excluding ortho intramolecular Hbond substituents is 2. The third-order valence-electron chi connectivity index (χ3n) is 2.70. The Balaban J connectivity index is 2.85. The summed E-state index contributed by atoms with van der Waals surface area (Å²) in [6.45, 7) is 3.15. The van der Waals surface area contributed by atoms with E-state index in [4.69, 9.17) is 5.11 Å². The summed E-state index contributed by atoms with van der Waals surface area (Å²) in [5.74, 6) is -2.29. The van der Waals surface area contributed by atoms with E-state index in [1.807, 2.05) is 0 Å². The maximum Gasteiger partial charge on any atom is 0.326 e. The fraction of sp³-hybridized carbons (Fsp3) is 0.385. The molecule has 7 N–H and O–H groups in total. The quantitative estimate of drug-likeness (QED) is 0.452. The number of rotatable bonds is 5. The van der Waals surface area contributed by atoms with Gasteiger partial charge in [0.2, 0.25) is 0 Å². The van der Waals surface area contributed by atoms with E-state index in [2.05, 4.69) is 11.1 Å². The van der Waals surface area contributed by atoms with Crippen molar-refractivity contribution < 1.29 is 30.6 Å². The summed E-state index contributed by atoms with van der Waals surface area (Å²) >= 11 is 0. The third-order valence-corrected chi connectivity index (χ3v) is 2.70. The maximum absolute atomic E-state index is 11.8. The van der Waals surface area contributed by atoms with Crippen LogP contribution in [0.2, 0.25) is 0 Å². The largest absolute Gasteiger partial charge is 0.504 e. The Morgan fingerprint density at radius 3 is 2.35 bits per heavy atom. The van der Waals surface area contributed by atoms with Crippen molar-refractivity contribution in [2.45, 2.75) is 31.8 Å².